The number of nitrogens with one attached hydrogen (secondary N) is 1. The van der Waals surface area contributed by atoms with Crippen LogP contribution in [0.3, 0.4) is 0 Å². The molecule has 1 fully saturated rings. The van der Waals surface area contributed by atoms with E-state index in [-0.39, 0.29) is 17.9 Å². The lowest BCUT2D eigenvalue weighted by molar-refractivity contribution is -0.139. The summed E-state index contributed by atoms with van der Waals surface area (Å²) in [5.74, 6) is -0.158. The molecule has 1 atom stereocenters. The normalized spacial score (nSPS) is 18.5. The number of nitrogens with zero attached hydrogens (tertiary/aromatic N) is 1. The highest BCUT2D eigenvalue weighted by atomic mass is 16.2. The minimum atomic E-state index is -0.331. The maximum Gasteiger partial charge on any atom is 0.247 e. The van der Waals surface area contributed by atoms with E-state index in [4.69, 9.17) is 0 Å². The zero-order chi connectivity index (χ0) is 15.1. The third-order valence-corrected chi connectivity index (χ3v) is 3.85. The van der Waals surface area contributed by atoms with Crippen molar-refractivity contribution in [2.45, 2.75) is 51.6 Å². The highest BCUT2D eigenvalue weighted by Crippen LogP contribution is 2.16. The molecule has 114 valence electrons. The second kappa shape index (κ2) is 7.93. The molecule has 0 aromatic heterocycles. The van der Waals surface area contributed by atoms with Crippen LogP contribution in [-0.2, 0) is 16.1 Å². The van der Waals surface area contributed by atoms with Gasteiger partial charge in [-0.3, -0.25) is 14.5 Å². The Kier molecular flexibility index (Phi) is 5.93. The molecule has 2 rings (SSSR count). The molecule has 0 spiro atoms. The van der Waals surface area contributed by atoms with Crippen LogP contribution in [-0.4, -0.2) is 29.3 Å². The minimum absolute atomic E-state index is 0.0742. The van der Waals surface area contributed by atoms with E-state index in [1.807, 2.05) is 30.3 Å². The lowest BCUT2D eigenvalue weighted by Crippen LogP contribution is -2.38. The van der Waals surface area contributed by atoms with Crippen LogP contribution in [0, 0.1) is 0 Å². The third-order valence-electron chi connectivity index (χ3n) is 3.85. The summed E-state index contributed by atoms with van der Waals surface area (Å²) in [5.41, 5.74) is 0.989. The van der Waals surface area contributed by atoms with E-state index >= 15 is 0 Å². The molecule has 4 nitrogen and oxygen atoms in total. The van der Waals surface area contributed by atoms with Crippen molar-refractivity contribution in [3.63, 3.8) is 0 Å². The van der Waals surface area contributed by atoms with Crippen molar-refractivity contribution < 1.29 is 9.59 Å². The van der Waals surface area contributed by atoms with Gasteiger partial charge in [0.05, 0.1) is 19.0 Å². The highest BCUT2D eigenvalue weighted by molar-refractivity contribution is 6.05. The molecule has 1 unspecified atom stereocenters. The maximum absolute atomic E-state index is 12.3. The van der Waals surface area contributed by atoms with Crippen LogP contribution in [0.2, 0.25) is 0 Å². The first kappa shape index (κ1) is 15.7. The number of hydrogen-bond acceptors (Lipinski definition) is 3. The molecule has 0 saturated carbocycles. The van der Waals surface area contributed by atoms with Crippen molar-refractivity contribution in [3.05, 3.63) is 35.9 Å². The van der Waals surface area contributed by atoms with Crippen LogP contribution < -0.4 is 5.32 Å². The summed E-state index contributed by atoms with van der Waals surface area (Å²) in [7, 11) is 0. The molecule has 4 heteroatoms. The van der Waals surface area contributed by atoms with E-state index in [2.05, 4.69) is 12.2 Å². The monoisotopic (exact) mass is 288 g/mol. The Hall–Kier alpha value is -1.68. The van der Waals surface area contributed by atoms with Crippen LogP contribution in [0.15, 0.2) is 30.3 Å². The van der Waals surface area contributed by atoms with Gasteiger partial charge < -0.3 is 5.32 Å². The summed E-state index contributed by atoms with van der Waals surface area (Å²) in [5, 5.41) is 3.22. The van der Waals surface area contributed by atoms with E-state index in [0.29, 0.717) is 13.0 Å². The van der Waals surface area contributed by atoms with Gasteiger partial charge in [0.2, 0.25) is 11.8 Å². The van der Waals surface area contributed by atoms with Crippen LogP contribution in [0.25, 0.3) is 0 Å². The summed E-state index contributed by atoms with van der Waals surface area (Å²) < 4.78 is 0. The number of imide groups is 1. The van der Waals surface area contributed by atoms with E-state index in [9.17, 15) is 9.59 Å². The van der Waals surface area contributed by atoms with Gasteiger partial charge in [0.25, 0.3) is 0 Å². The number of amides is 2. The zero-order valence-electron chi connectivity index (χ0n) is 12.7. The second-order valence-corrected chi connectivity index (χ2v) is 5.58. The van der Waals surface area contributed by atoms with Gasteiger partial charge >= 0.3 is 0 Å². The molecule has 1 aliphatic heterocycles. The number of unbranched alkanes of at least 4 members (excludes halogenated alkanes) is 3. The Morgan fingerprint density at radius 2 is 1.90 bits per heavy atom. The molecule has 0 aliphatic carbocycles. The molecular weight excluding hydrogens is 264 g/mol. The highest BCUT2D eigenvalue weighted by Gasteiger charge is 2.37. The van der Waals surface area contributed by atoms with Crippen molar-refractivity contribution in [2.75, 3.05) is 6.54 Å². The molecule has 1 aromatic rings. The van der Waals surface area contributed by atoms with Gasteiger partial charge in [0, 0.05) is 0 Å². The van der Waals surface area contributed by atoms with Crippen LogP contribution in [0.4, 0.5) is 0 Å². The number of rotatable bonds is 8. The number of carbonyl (C=O) groups excluding carboxylic acids is 2. The SMILES string of the molecule is CCCCCCNC1CC(=O)N(Cc2ccccc2)C1=O. The van der Waals surface area contributed by atoms with Gasteiger partial charge in [-0.25, -0.2) is 0 Å². The summed E-state index contributed by atoms with van der Waals surface area (Å²) in [6, 6.07) is 9.31. The molecule has 1 saturated heterocycles. The smallest absolute Gasteiger partial charge is 0.247 e. The number of hydrogen-bond donors (Lipinski definition) is 1. The van der Waals surface area contributed by atoms with Gasteiger partial charge in [-0.2, -0.15) is 0 Å². The van der Waals surface area contributed by atoms with Crippen molar-refractivity contribution in [2.24, 2.45) is 0 Å². The standard InChI is InChI=1S/C17H24N2O2/c1-2-3-4-8-11-18-15-12-16(20)19(17(15)21)13-14-9-6-5-7-10-14/h5-7,9-10,15,18H,2-4,8,11-13H2,1H3. The molecule has 0 bridgehead atoms. The Balaban J connectivity index is 1.82. The van der Waals surface area contributed by atoms with E-state index in [0.717, 1.165) is 18.5 Å². The predicted octanol–water partition coefficient (Wildman–Crippen LogP) is 2.48. The fraction of sp³-hybridized carbons (Fsp3) is 0.529. The van der Waals surface area contributed by atoms with Crippen molar-refractivity contribution in [3.8, 4) is 0 Å². The molecule has 2 amide bonds. The number of benzene rings is 1. The van der Waals surface area contributed by atoms with Gasteiger partial charge in [0.15, 0.2) is 0 Å². The van der Waals surface area contributed by atoms with E-state index in [1.165, 1.54) is 24.2 Å². The summed E-state index contributed by atoms with van der Waals surface area (Å²) >= 11 is 0. The van der Waals surface area contributed by atoms with E-state index in [1.54, 1.807) is 0 Å². The van der Waals surface area contributed by atoms with Crippen LogP contribution in [0.5, 0.6) is 0 Å². The average Bonchev–Trinajstić information content (AvgIpc) is 2.76. The first-order valence-corrected chi connectivity index (χ1v) is 7.84. The zero-order valence-corrected chi connectivity index (χ0v) is 12.7. The van der Waals surface area contributed by atoms with Crippen LogP contribution >= 0.6 is 0 Å². The Morgan fingerprint density at radius 1 is 1.14 bits per heavy atom. The topological polar surface area (TPSA) is 49.4 Å². The van der Waals surface area contributed by atoms with Crippen LogP contribution in [0.1, 0.15) is 44.6 Å². The molecule has 21 heavy (non-hydrogen) atoms. The van der Waals surface area contributed by atoms with Gasteiger partial charge in [-0.1, -0.05) is 56.5 Å². The van der Waals surface area contributed by atoms with E-state index < -0.39 is 0 Å². The quantitative estimate of drug-likeness (QED) is 0.590. The lowest BCUT2D eigenvalue weighted by atomic mass is 10.2. The number of likely N-dealkylation sites (tertiary alicyclic amines) is 1. The molecule has 1 heterocycles. The van der Waals surface area contributed by atoms with Crippen molar-refractivity contribution in [1.82, 2.24) is 10.2 Å². The summed E-state index contributed by atoms with van der Waals surface area (Å²) in [6.45, 7) is 3.36. The molecule has 1 N–H and O–H groups in total. The molecule has 0 radical (unpaired) electrons. The Morgan fingerprint density at radius 3 is 2.62 bits per heavy atom. The van der Waals surface area contributed by atoms with Gasteiger partial charge in [-0.15, -0.1) is 0 Å². The largest absolute Gasteiger partial charge is 0.305 e. The summed E-state index contributed by atoms with van der Waals surface area (Å²) in [6.07, 6.45) is 4.95. The van der Waals surface area contributed by atoms with Gasteiger partial charge in [0.1, 0.15) is 0 Å². The average molecular weight is 288 g/mol. The summed E-state index contributed by atoms with van der Waals surface area (Å²) in [4.78, 5) is 25.7. The first-order chi connectivity index (χ1) is 10.2. The predicted molar refractivity (Wildman–Crippen MR) is 82.5 cm³/mol. The Bertz CT molecular complexity index is 473. The van der Waals surface area contributed by atoms with Crippen molar-refractivity contribution >= 4 is 11.8 Å². The van der Waals surface area contributed by atoms with Crippen molar-refractivity contribution in [1.29, 1.82) is 0 Å². The minimum Gasteiger partial charge on any atom is -0.305 e. The first-order valence-electron chi connectivity index (χ1n) is 7.84. The second-order valence-electron chi connectivity index (χ2n) is 5.58. The fourth-order valence-electron chi connectivity index (χ4n) is 2.60. The Labute approximate surface area is 126 Å². The molecule has 1 aromatic carbocycles. The van der Waals surface area contributed by atoms with Gasteiger partial charge in [-0.05, 0) is 18.5 Å². The lowest BCUT2D eigenvalue weighted by Gasteiger charge is -2.15. The third kappa shape index (κ3) is 4.39. The fourth-order valence-corrected chi connectivity index (χ4v) is 2.60. The molecule has 1 aliphatic rings. The molecular formula is C17H24N2O2. The number of carbonyl (C=O) groups is 2. The maximum atomic E-state index is 12.3.